The molecule has 1 unspecified atom stereocenters. The maximum Gasteiger partial charge on any atom is 0.191 e. The molecule has 0 aromatic carbocycles. The molecule has 0 rings (SSSR count). The lowest BCUT2D eigenvalue weighted by molar-refractivity contribution is 0.0689. The van der Waals surface area contributed by atoms with Gasteiger partial charge in [-0.1, -0.05) is 6.92 Å². The minimum absolute atomic E-state index is 0.452. The summed E-state index contributed by atoms with van der Waals surface area (Å²) in [5.41, 5.74) is 0. The van der Waals surface area contributed by atoms with Crippen LogP contribution >= 0.6 is 0 Å². The summed E-state index contributed by atoms with van der Waals surface area (Å²) < 4.78 is 10.3. The van der Waals surface area contributed by atoms with Gasteiger partial charge in [-0.25, -0.2) is 0 Å². The van der Waals surface area contributed by atoms with E-state index in [1.807, 2.05) is 0 Å². The molecule has 0 aromatic rings. The number of nitrogens with one attached hydrogen (secondary N) is 2. The van der Waals surface area contributed by atoms with Crippen LogP contribution in [0.3, 0.4) is 0 Å². The number of guanidine groups is 1. The van der Waals surface area contributed by atoms with Crippen molar-refractivity contribution in [2.45, 2.75) is 39.2 Å². The smallest absolute Gasteiger partial charge is 0.191 e. The second kappa shape index (κ2) is 12.6. The van der Waals surface area contributed by atoms with E-state index in [2.05, 4.69) is 29.5 Å². The van der Waals surface area contributed by atoms with Gasteiger partial charge in [0.05, 0.1) is 13.2 Å². The van der Waals surface area contributed by atoms with Gasteiger partial charge in [-0.15, -0.1) is 0 Å². The highest BCUT2D eigenvalue weighted by Gasteiger charge is 2.01. The second-order valence-electron chi connectivity index (χ2n) is 4.26. The number of nitrogens with zero attached hydrogens (tertiary/aromatic N) is 1. The molecule has 0 amide bonds. The predicted octanol–water partition coefficient (Wildman–Crippen LogP) is 1.39. The fourth-order valence-corrected chi connectivity index (χ4v) is 1.31. The molecular weight excluding hydrogens is 230 g/mol. The summed E-state index contributed by atoms with van der Waals surface area (Å²) in [6.07, 6.45) is 3.22. The van der Waals surface area contributed by atoms with E-state index in [-0.39, 0.29) is 0 Å². The van der Waals surface area contributed by atoms with Crippen LogP contribution in [0, 0.1) is 0 Å². The lowest BCUT2D eigenvalue weighted by atomic mass is 10.3. The van der Waals surface area contributed by atoms with E-state index >= 15 is 0 Å². The van der Waals surface area contributed by atoms with Crippen molar-refractivity contribution < 1.29 is 9.47 Å². The third-order valence-corrected chi connectivity index (χ3v) is 2.66. The molecule has 5 heteroatoms. The van der Waals surface area contributed by atoms with Crippen molar-refractivity contribution in [1.82, 2.24) is 10.6 Å². The molecular formula is C13H29N3O2. The van der Waals surface area contributed by atoms with Crippen molar-refractivity contribution in [2.24, 2.45) is 4.99 Å². The van der Waals surface area contributed by atoms with E-state index in [1.54, 1.807) is 14.2 Å². The quantitative estimate of drug-likeness (QED) is 0.354. The van der Waals surface area contributed by atoms with Crippen LogP contribution in [0.4, 0.5) is 0 Å². The highest BCUT2D eigenvalue weighted by Crippen LogP contribution is 1.90. The number of unbranched alkanes of at least 4 members (excludes halogenated alkanes) is 1. The van der Waals surface area contributed by atoms with Gasteiger partial charge in [0.25, 0.3) is 0 Å². The number of hydrogen-bond donors (Lipinski definition) is 2. The Labute approximate surface area is 111 Å². The summed E-state index contributed by atoms with van der Waals surface area (Å²) in [6, 6.07) is 0.452. The van der Waals surface area contributed by atoms with Gasteiger partial charge in [0.1, 0.15) is 0 Å². The van der Waals surface area contributed by atoms with Crippen LogP contribution in [0.1, 0.15) is 33.1 Å². The van der Waals surface area contributed by atoms with E-state index in [1.165, 1.54) is 0 Å². The van der Waals surface area contributed by atoms with Crippen LogP contribution in [0.25, 0.3) is 0 Å². The number of rotatable bonds is 10. The molecule has 0 spiro atoms. The Morgan fingerprint density at radius 2 is 2.00 bits per heavy atom. The molecule has 18 heavy (non-hydrogen) atoms. The highest BCUT2D eigenvalue weighted by molar-refractivity contribution is 5.79. The summed E-state index contributed by atoms with van der Waals surface area (Å²) in [5.74, 6) is 0.879. The maximum absolute atomic E-state index is 5.39. The fraction of sp³-hybridized carbons (Fsp3) is 0.923. The van der Waals surface area contributed by atoms with Crippen LogP contribution in [0.2, 0.25) is 0 Å². The van der Waals surface area contributed by atoms with Crippen molar-refractivity contribution in [3.8, 4) is 0 Å². The largest absolute Gasteiger partial charge is 0.382 e. The first-order valence-electron chi connectivity index (χ1n) is 6.78. The monoisotopic (exact) mass is 259 g/mol. The average molecular weight is 259 g/mol. The Bertz CT molecular complexity index is 210. The standard InChI is InChI=1S/C13H29N3O2/c1-5-12(2)16-13(14-3)15-8-6-7-9-18-11-10-17-4/h12H,5-11H2,1-4H3,(H2,14,15,16). The van der Waals surface area contributed by atoms with Crippen molar-refractivity contribution in [1.29, 1.82) is 0 Å². The van der Waals surface area contributed by atoms with Gasteiger partial charge in [0.15, 0.2) is 5.96 Å². The third-order valence-electron chi connectivity index (χ3n) is 2.66. The molecule has 0 aliphatic heterocycles. The second-order valence-corrected chi connectivity index (χ2v) is 4.26. The summed E-state index contributed by atoms with van der Waals surface area (Å²) in [7, 11) is 3.48. The van der Waals surface area contributed by atoms with Gasteiger partial charge >= 0.3 is 0 Å². The lowest BCUT2D eigenvalue weighted by Crippen LogP contribution is -2.42. The van der Waals surface area contributed by atoms with Crippen LogP contribution in [0.15, 0.2) is 4.99 Å². The number of ether oxygens (including phenoxy) is 2. The average Bonchev–Trinajstić information content (AvgIpc) is 2.40. The Balaban J connectivity index is 3.40. The van der Waals surface area contributed by atoms with Gasteiger partial charge in [-0.3, -0.25) is 4.99 Å². The molecule has 0 aromatic heterocycles. The molecule has 0 aliphatic carbocycles. The normalized spacial score (nSPS) is 13.4. The predicted molar refractivity (Wildman–Crippen MR) is 76.2 cm³/mol. The molecule has 5 nitrogen and oxygen atoms in total. The number of methoxy groups -OCH3 is 1. The van der Waals surface area contributed by atoms with Gasteiger partial charge in [-0.2, -0.15) is 0 Å². The first-order valence-corrected chi connectivity index (χ1v) is 6.78. The molecule has 0 heterocycles. The van der Waals surface area contributed by atoms with E-state index < -0.39 is 0 Å². The zero-order valence-corrected chi connectivity index (χ0v) is 12.3. The van der Waals surface area contributed by atoms with Crippen LogP contribution < -0.4 is 10.6 Å². The zero-order chi connectivity index (χ0) is 13.6. The summed E-state index contributed by atoms with van der Waals surface area (Å²) in [6.45, 7) is 7.37. The Morgan fingerprint density at radius 3 is 2.61 bits per heavy atom. The fourth-order valence-electron chi connectivity index (χ4n) is 1.31. The minimum atomic E-state index is 0.452. The first-order chi connectivity index (χ1) is 8.74. The Morgan fingerprint density at radius 1 is 1.22 bits per heavy atom. The summed E-state index contributed by atoms with van der Waals surface area (Å²) in [4.78, 5) is 4.18. The van der Waals surface area contributed by atoms with Crippen molar-refractivity contribution in [3.05, 3.63) is 0 Å². The van der Waals surface area contributed by atoms with Crippen LogP contribution in [-0.2, 0) is 9.47 Å². The van der Waals surface area contributed by atoms with Gasteiger partial charge in [0.2, 0.25) is 0 Å². The van der Waals surface area contributed by atoms with Crippen LogP contribution in [0.5, 0.6) is 0 Å². The molecule has 0 saturated carbocycles. The lowest BCUT2D eigenvalue weighted by Gasteiger charge is -2.16. The SMILES string of the molecule is CCC(C)NC(=NC)NCCCCOCCOC. The molecule has 0 saturated heterocycles. The van der Waals surface area contributed by atoms with Gasteiger partial charge < -0.3 is 20.1 Å². The third kappa shape index (κ3) is 10.4. The Hall–Kier alpha value is -0.810. The zero-order valence-electron chi connectivity index (χ0n) is 12.3. The van der Waals surface area contributed by atoms with E-state index in [4.69, 9.17) is 9.47 Å². The minimum Gasteiger partial charge on any atom is -0.382 e. The van der Waals surface area contributed by atoms with E-state index in [9.17, 15) is 0 Å². The summed E-state index contributed by atoms with van der Waals surface area (Å²) in [5, 5.41) is 6.62. The molecule has 0 aliphatic rings. The van der Waals surface area contributed by atoms with Gasteiger partial charge in [-0.05, 0) is 26.2 Å². The molecule has 1 atom stereocenters. The van der Waals surface area contributed by atoms with E-state index in [0.717, 1.165) is 38.4 Å². The molecule has 0 radical (unpaired) electrons. The summed E-state index contributed by atoms with van der Waals surface area (Å²) >= 11 is 0. The topological polar surface area (TPSA) is 54.9 Å². The number of aliphatic imine (C=N–C) groups is 1. The van der Waals surface area contributed by atoms with Crippen LogP contribution in [-0.4, -0.2) is 52.5 Å². The number of hydrogen-bond acceptors (Lipinski definition) is 3. The molecule has 2 N–H and O–H groups in total. The molecule has 108 valence electrons. The van der Waals surface area contributed by atoms with Crippen molar-refractivity contribution >= 4 is 5.96 Å². The maximum atomic E-state index is 5.39. The van der Waals surface area contributed by atoms with Gasteiger partial charge in [0, 0.05) is 33.4 Å². The highest BCUT2D eigenvalue weighted by atomic mass is 16.5. The molecule has 0 fully saturated rings. The molecule has 0 bridgehead atoms. The Kier molecular flexibility index (Phi) is 12.1. The van der Waals surface area contributed by atoms with Crippen molar-refractivity contribution in [3.63, 3.8) is 0 Å². The first kappa shape index (κ1) is 17.2. The van der Waals surface area contributed by atoms with Crippen molar-refractivity contribution in [2.75, 3.05) is 40.5 Å². The van der Waals surface area contributed by atoms with E-state index in [0.29, 0.717) is 19.3 Å².